The molecule has 1 saturated heterocycles. The fourth-order valence-electron chi connectivity index (χ4n) is 1.99. The Hall–Kier alpha value is -0.110. The molecule has 0 saturated carbocycles. The molecule has 2 atom stereocenters. The summed E-state index contributed by atoms with van der Waals surface area (Å²) in [6, 6.07) is 0.622. The predicted molar refractivity (Wildman–Crippen MR) is 50.0 cm³/mol. The Morgan fingerprint density at radius 3 is 2.58 bits per heavy atom. The van der Waals surface area contributed by atoms with Crippen LogP contribution in [0, 0.1) is 5.92 Å². The number of halogens is 1. The smallest absolute Gasteiger partial charge is 0.113 e. The standard InChI is InChI=1S/C10H20FN/c1-8(2)6-10-5-4-9(11)7-12(10)3/h8-10H,4-7H2,1-3H3. The zero-order valence-electron chi connectivity index (χ0n) is 8.39. The van der Waals surface area contributed by atoms with Crippen LogP contribution in [0.3, 0.4) is 0 Å². The van der Waals surface area contributed by atoms with Crippen molar-refractivity contribution >= 4 is 0 Å². The number of rotatable bonds is 2. The number of nitrogens with zero attached hydrogens (tertiary/aromatic N) is 1. The minimum Gasteiger partial charge on any atom is -0.301 e. The molecule has 0 aliphatic carbocycles. The molecule has 0 aromatic heterocycles. The largest absolute Gasteiger partial charge is 0.301 e. The molecule has 0 bridgehead atoms. The van der Waals surface area contributed by atoms with E-state index in [1.54, 1.807) is 0 Å². The highest BCUT2D eigenvalue weighted by Gasteiger charge is 2.25. The molecule has 0 spiro atoms. The highest BCUT2D eigenvalue weighted by Crippen LogP contribution is 2.22. The topological polar surface area (TPSA) is 3.24 Å². The zero-order chi connectivity index (χ0) is 9.14. The van der Waals surface area contributed by atoms with E-state index in [9.17, 15) is 4.39 Å². The van der Waals surface area contributed by atoms with Crippen LogP contribution < -0.4 is 0 Å². The molecular weight excluding hydrogens is 153 g/mol. The molecule has 1 fully saturated rings. The fraction of sp³-hybridized carbons (Fsp3) is 1.00. The predicted octanol–water partition coefficient (Wildman–Crippen LogP) is 2.46. The summed E-state index contributed by atoms with van der Waals surface area (Å²) in [5, 5.41) is 0. The number of hydrogen-bond acceptors (Lipinski definition) is 1. The van der Waals surface area contributed by atoms with Crippen molar-refractivity contribution in [2.24, 2.45) is 5.92 Å². The van der Waals surface area contributed by atoms with E-state index in [1.807, 2.05) is 7.05 Å². The van der Waals surface area contributed by atoms with Gasteiger partial charge in [-0.15, -0.1) is 0 Å². The number of likely N-dealkylation sites (tertiary alicyclic amines) is 1. The van der Waals surface area contributed by atoms with Crippen molar-refractivity contribution in [3.8, 4) is 0 Å². The highest BCUT2D eigenvalue weighted by atomic mass is 19.1. The Balaban J connectivity index is 2.34. The first-order valence-electron chi connectivity index (χ1n) is 4.94. The molecule has 0 aromatic carbocycles. The Labute approximate surface area is 74.9 Å². The molecular formula is C10H20FN. The molecule has 2 heteroatoms. The van der Waals surface area contributed by atoms with E-state index in [0.29, 0.717) is 12.6 Å². The van der Waals surface area contributed by atoms with Crippen molar-refractivity contribution in [2.75, 3.05) is 13.6 Å². The van der Waals surface area contributed by atoms with E-state index < -0.39 is 6.17 Å². The summed E-state index contributed by atoms with van der Waals surface area (Å²) in [7, 11) is 2.04. The summed E-state index contributed by atoms with van der Waals surface area (Å²) >= 11 is 0. The highest BCUT2D eigenvalue weighted by molar-refractivity contribution is 4.79. The Bertz CT molecular complexity index is 136. The first-order chi connectivity index (χ1) is 5.59. The second-order valence-electron chi connectivity index (χ2n) is 4.40. The molecule has 72 valence electrons. The van der Waals surface area contributed by atoms with Crippen molar-refractivity contribution in [2.45, 2.75) is 45.3 Å². The molecule has 1 aliphatic heterocycles. The minimum absolute atomic E-state index is 0.585. The molecule has 1 nitrogen and oxygen atoms in total. The SMILES string of the molecule is CC(C)CC1CCC(F)CN1C. The van der Waals surface area contributed by atoms with Gasteiger partial charge in [0.1, 0.15) is 6.17 Å². The van der Waals surface area contributed by atoms with Gasteiger partial charge < -0.3 is 4.90 Å². The summed E-state index contributed by atoms with van der Waals surface area (Å²) in [5.41, 5.74) is 0. The van der Waals surface area contributed by atoms with E-state index >= 15 is 0 Å². The quantitative estimate of drug-likeness (QED) is 0.620. The molecule has 0 radical (unpaired) electrons. The van der Waals surface area contributed by atoms with E-state index in [2.05, 4.69) is 18.7 Å². The second kappa shape index (κ2) is 4.22. The van der Waals surface area contributed by atoms with Crippen LogP contribution in [-0.2, 0) is 0 Å². The van der Waals surface area contributed by atoms with Gasteiger partial charge >= 0.3 is 0 Å². The van der Waals surface area contributed by atoms with Gasteiger partial charge in [-0.25, -0.2) is 4.39 Å². The van der Waals surface area contributed by atoms with Crippen molar-refractivity contribution in [3.63, 3.8) is 0 Å². The third-order valence-corrected chi connectivity index (χ3v) is 2.67. The van der Waals surface area contributed by atoms with Crippen LogP contribution in [0.4, 0.5) is 4.39 Å². The first-order valence-corrected chi connectivity index (χ1v) is 4.94. The summed E-state index contributed by atoms with van der Waals surface area (Å²) < 4.78 is 12.9. The third kappa shape index (κ3) is 2.74. The van der Waals surface area contributed by atoms with Crippen LogP contribution in [-0.4, -0.2) is 30.7 Å². The van der Waals surface area contributed by atoms with Crippen LogP contribution in [0.5, 0.6) is 0 Å². The van der Waals surface area contributed by atoms with Gasteiger partial charge in [-0.2, -0.15) is 0 Å². The van der Waals surface area contributed by atoms with Gasteiger partial charge in [0.25, 0.3) is 0 Å². The molecule has 0 aromatic rings. The van der Waals surface area contributed by atoms with Crippen molar-refractivity contribution in [1.29, 1.82) is 0 Å². The molecule has 12 heavy (non-hydrogen) atoms. The lowest BCUT2D eigenvalue weighted by atomic mass is 9.94. The summed E-state index contributed by atoms with van der Waals surface area (Å²) in [6.07, 6.45) is 2.43. The van der Waals surface area contributed by atoms with Crippen molar-refractivity contribution in [3.05, 3.63) is 0 Å². The minimum atomic E-state index is -0.585. The lowest BCUT2D eigenvalue weighted by Crippen LogP contribution is -2.42. The van der Waals surface area contributed by atoms with Crippen LogP contribution in [0.2, 0.25) is 0 Å². The van der Waals surface area contributed by atoms with E-state index in [4.69, 9.17) is 0 Å². The average molecular weight is 173 g/mol. The van der Waals surface area contributed by atoms with Gasteiger partial charge in [0.2, 0.25) is 0 Å². The maximum absolute atomic E-state index is 12.9. The number of piperidine rings is 1. The Morgan fingerprint density at radius 1 is 1.42 bits per heavy atom. The summed E-state index contributed by atoms with van der Waals surface area (Å²) in [4.78, 5) is 2.17. The number of hydrogen-bond donors (Lipinski definition) is 0. The zero-order valence-corrected chi connectivity index (χ0v) is 8.39. The molecule has 1 heterocycles. The third-order valence-electron chi connectivity index (χ3n) is 2.67. The molecule has 1 rings (SSSR count). The number of alkyl halides is 1. The normalized spacial score (nSPS) is 32.8. The first kappa shape index (κ1) is 9.97. The second-order valence-corrected chi connectivity index (χ2v) is 4.40. The monoisotopic (exact) mass is 173 g/mol. The van der Waals surface area contributed by atoms with E-state index in [1.165, 1.54) is 6.42 Å². The summed E-state index contributed by atoms with van der Waals surface area (Å²) in [5.74, 6) is 0.730. The maximum Gasteiger partial charge on any atom is 0.113 e. The molecule has 1 aliphatic rings. The molecule has 2 unspecified atom stereocenters. The Kier molecular flexibility index (Phi) is 3.51. The lowest BCUT2D eigenvalue weighted by molar-refractivity contribution is 0.0965. The van der Waals surface area contributed by atoms with Gasteiger partial charge in [-0.3, -0.25) is 0 Å². The molecule has 0 N–H and O–H groups in total. The Morgan fingerprint density at radius 2 is 2.08 bits per heavy atom. The maximum atomic E-state index is 12.9. The van der Waals surface area contributed by atoms with Crippen LogP contribution in [0.1, 0.15) is 33.1 Å². The van der Waals surface area contributed by atoms with Gasteiger partial charge in [0.05, 0.1) is 0 Å². The summed E-state index contributed by atoms with van der Waals surface area (Å²) in [6.45, 7) is 5.10. The van der Waals surface area contributed by atoms with Gasteiger partial charge in [0, 0.05) is 12.6 Å². The van der Waals surface area contributed by atoms with Crippen LogP contribution in [0.25, 0.3) is 0 Å². The van der Waals surface area contributed by atoms with Crippen molar-refractivity contribution in [1.82, 2.24) is 4.90 Å². The van der Waals surface area contributed by atoms with E-state index in [0.717, 1.165) is 18.8 Å². The van der Waals surface area contributed by atoms with Gasteiger partial charge in [0.15, 0.2) is 0 Å². The lowest BCUT2D eigenvalue weighted by Gasteiger charge is -2.35. The van der Waals surface area contributed by atoms with Crippen molar-refractivity contribution < 1.29 is 4.39 Å². The van der Waals surface area contributed by atoms with E-state index in [-0.39, 0.29) is 0 Å². The molecule has 0 amide bonds. The van der Waals surface area contributed by atoms with Crippen LogP contribution >= 0.6 is 0 Å². The van der Waals surface area contributed by atoms with Gasteiger partial charge in [-0.1, -0.05) is 13.8 Å². The fourth-order valence-corrected chi connectivity index (χ4v) is 1.99. The van der Waals surface area contributed by atoms with Gasteiger partial charge in [-0.05, 0) is 32.2 Å². The average Bonchev–Trinajstić information content (AvgIpc) is 1.94. The van der Waals surface area contributed by atoms with Crippen LogP contribution in [0.15, 0.2) is 0 Å².